The van der Waals surface area contributed by atoms with Crippen molar-refractivity contribution in [2.75, 3.05) is 6.61 Å². The fraction of sp³-hybridized carbons (Fsp3) is 0.833. The molecule has 2 N–H and O–H groups in total. The van der Waals surface area contributed by atoms with Crippen LogP contribution in [0.25, 0.3) is 0 Å². The van der Waals surface area contributed by atoms with Crippen molar-refractivity contribution in [2.45, 2.75) is 37.8 Å². The SMILES string of the molecule is O=C(O)[C@H]1C[C@H]1C(=O)NC1CCOC1C1CC1. The summed E-state index contributed by atoms with van der Waals surface area (Å²) >= 11 is 0. The van der Waals surface area contributed by atoms with E-state index in [0.29, 0.717) is 18.9 Å². The number of carboxylic acids is 1. The van der Waals surface area contributed by atoms with Gasteiger partial charge in [-0.3, -0.25) is 9.59 Å². The van der Waals surface area contributed by atoms with Crippen molar-refractivity contribution in [3.05, 3.63) is 0 Å². The predicted octanol–water partition coefficient (Wildman–Crippen LogP) is 0.391. The average molecular weight is 239 g/mol. The maximum atomic E-state index is 11.8. The summed E-state index contributed by atoms with van der Waals surface area (Å²) in [5.74, 6) is -1.12. The highest BCUT2D eigenvalue weighted by Gasteiger charge is 2.50. The second-order valence-corrected chi connectivity index (χ2v) is 5.36. The minimum atomic E-state index is -0.855. The molecule has 1 amide bonds. The molecule has 0 bridgehead atoms. The zero-order valence-electron chi connectivity index (χ0n) is 9.59. The lowest BCUT2D eigenvalue weighted by Gasteiger charge is -2.19. The molecule has 1 aliphatic heterocycles. The van der Waals surface area contributed by atoms with Crippen molar-refractivity contribution in [3.63, 3.8) is 0 Å². The third-order valence-corrected chi connectivity index (χ3v) is 3.99. The second kappa shape index (κ2) is 3.98. The van der Waals surface area contributed by atoms with Gasteiger partial charge in [-0.1, -0.05) is 0 Å². The topological polar surface area (TPSA) is 75.6 Å². The van der Waals surface area contributed by atoms with Crippen LogP contribution in [-0.2, 0) is 14.3 Å². The monoisotopic (exact) mass is 239 g/mol. The van der Waals surface area contributed by atoms with E-state index in [-0.39, 0.29) is 24.0 Å². The Balaban J connectivity index is 1.53. The number of hydrogen-bond acceptors (Lipinski definition) is 3. The fourth-order valence-electron chi connectivity index (χ4n) is 2.70. The molecule has 0 aromatic carbocycles. The van der Waals surface area contributed by atoms with E-state index in [9.17, 15) is 9.59 Å². The first-order valence-corrected chi connectivity index (χ1v) is 6.31. The molecule has 0 aromatic heterocycles. The zero-order chi connectivity index (χ0) is 12.0. The second-order valence-electron chi connectivity index (χ2n) is 5.36. The maximum absolute atomic E-state index is 11.8. The van der Waals surface area contributed by atoms with Gasteiger partial charge in [-0.25, -0.2) is 0 Å². The Morgan fingerprint density at radius 2 is 1.94 bits per heavy atom. The lowest BCUT2D eigenvalue weighted by molar-refractivity contribution is -0.140. The number of ether oxygens (including phenoxy) is 1. The van der Waals surface area contributed by atoms with E-state index >= 15 is 0 Å². The molecular formula is C12H17NO4. The van der Waals surface area contributed by atoms with E-state index in [1.54, 1.807) is 0 Å². The summed E-state index contributed by atoms with van der Waals surface area (Å²) in [6.45, 7) is 0.707. The molecule has 0 aromatic rings. The standard InChI is InChI=1S/C12H17NO4/c14-11(7-5-8(7)12(15)16)13-9-3-4-17-10(9)6-1-2-6/h6-10H,1-5H2,(H,13,14)(H,15,16)/t7-,8+,9?,10?/m1/s1. The van der Waals surface area contributed by atoms with Gasteiger partial charge in [0, 0.05) is 6.61 Å². The van der Waals surface area contributed by atoms with Crippen molar-refractivity contribution >= 4 is 11.9 Å². The average Bonchev–Trinajstić information content (AvgIpc) is 3.18. The molecule has 5 nitrogen and oxygen atoms in total. The van der Waals surface area contributed by atoms with Gasteiger partial charge < -0.3 is 15.2 Å². The molecule has 17 heavy (non-hydrogen) atoms. The number of carboxylic acid groups (broad SMARTS) is 1. The molecule has 3 rings (SSSR count). The van der Waals surface area contributed by atoms with Gasteiger partial charge >= 0.3 is 5.97 Å². The summed E-state index contributed by atoms with van der Waals surface area (Å²) < 4.78 is 5.63. The highest BCUT2D eigenvalue weighted by molar-refractivity contribution is 5.89. The largest absolute Gasteiger partial charge is 0.481 e. The summed E-state index contributed by atoms with van der Waals surface area (Å²) in [5.41, 5.74) is 0. The molecule has 1 saturated heterocycles. The van der Waals surface area contributed by atoms with Gasteiger partial charge in [0.25, 0.3) is 0 Å². The molecule has 2 unspecified atom stereocenters. The Morgan fingerprint density at radius 3 is 2.53 bits per heavy atom. The first-order chi connectivity index (χ1) is 8.16. The third-order valence-electron chi connectivity index (χ3n) is 3.99. The molecule has 0 spiro atoms. The fourth-order valence-corrected chi connectivity index (χ4v) is 2.70. The summed E-state index contributed by atoms with van der Waals surface area (Å²) in [7, 11) is 0. The van der Waals surface area contributed by atoms with Gasteiger partial charge in [0.2, 0.25) is 5.91 Å². The first-order valence-electron chi connectivity index (χ1n) is 6.31. The lowest BCUT2D eigenvalue weighted by Crippen LogP contribution is -2.42. The normalized spacial score (nSPS) is 40.0. The van der Waals surface area contributed by atoms with Crippen LogP contribution in [0.15, 0.2) is 0 Å². The van der Waals surface area contributed by atoms with Gasteiger partial charge in [-0.15, -0.1) is 0 Å². The van der Waals surface area contributed by atoms with Crippen molar-refractivity contribution in [3.8, 4) is 0 Å². The van der Waals surface area contributed by atoms with E-state index in [1.165, 1.54) is 12.8 Å². The number of rotatable bonds is 4. The quantitative estimate of drug-likeness (QED) is 0.744. The molecule has 5 heteroatoms. The summed E-state index contributed by atoms with van der Waals surface area (Å²) in [6.07, 6.45) is 3.90. The van der Waals surface area contributed by atoms with Crippen LogP contribution in [0.2, 0.25) is 0 Å². The van der Waals surface area contributed by atoms with Gasteiger partial charge in [-0.2, -0.15) is 0 Å². The van der Waals surface area contributed by atoms with Crippen molar-refractivity contribution in [2.24, 2.45) is 17.8 Å². The van der Waals surface area contributed by atoms with Gasteiger partial charge in [0.1, 0.15) is 0 Å². The van der Waals surface area contributed by atoms with Crippen LogP contribution < -0.4 is 5.32 Å². The molecule has 3 fully saturated rings. The molecule has 2 saturated carbocycles. The van der Waals surface area contributed by atoms with E-state index in [4.69, 9.17) is 9.84 Å². The van der Waals surface area contributed by atoms with E-state index in [1.807, 2.05) is 0 Å². The number of carbonyl (C=O) groups excluding carboxylic acids is 1. The summed E-state index contributed by atoms with van der Waals surface area (Å²) in [5, 5.41) is 11.7. The minimum Gasteiger partial charge on any atom is -0.481 e. The van der Waals surface area contributed by atoms with Crippen LogP contribution in [0.5, 0.6) is 0 Å². The Bertz CT molecular complexity index is 352. The minimum absolute atomic E-state index is 0.0986. The van der Waals surface area contributed by atoms with E-state index in [0.717, 1.165) is 6.42 Å². The molecule has 3 aliphatic rings. The van der Waals surface area contributed by atoms with Crippen molar-refractivity contribution in [1.82, 2.24) is 5.32 Å². The van der Waals surface area contributed by atoms with Crippen molar-refractivity contribution in [1.29, 1.82) is 0 Å². The molecule has 0 radical (unpaired) electrons. The smallest absolute Gasteiger partial charge is 0.307 e. The van der Waals surface area contributed by atoms with Crippen LogP contribution in [0, 0.1) is 17.8 Å². The maximum Gasteiger partial charge on any atom is 0.307 e. The Hall–Kier alpha value is -1.10. The van der Waals surface area contributed by atoms with Crippen molar-refractivity contribution < 1.29 is 19.4 Å². The number of carbonyl (C=O) groups is 2. The van der Waals surface area contributed by atoms with E-state index in [2.05, 4.69) is 5.32 Å². The van der Waals surface area contributed by atoms with Gasteiger partial charge in [0.05, 0.1) is 24.0 Å². The third kappa shape index (κ3) is 2.16. The highest BCUT2D eigenvalue weighted by atomic mass is 16.5. The van der Waals surface area contributed by atoms with E-state index < -0.39 is 11.9 Å². The van der Waals surface area contributed by atoms with Gasteiger partial charge in [-0.05, 0) is 31.6 Å². The predicted molar refractivity (Wildman–Crippen MR) is 58.2 cm³/mol. The van der Waals surface area contributed by atoms with Gasteiger partial charge in [0.15, 0.2) is 0 Å². The zero-order valence-corrected chi connectivity index (χ0v) is 9.59. The van der Waals surface area contributed by atoms with Crippen LogP contribution >= 0.6 is 0 Å². The number of nitrogens with one attached hydrogen (secondary N) is 1. The Kier molecular flexibility index (Phi) is 2.58. The Morgan fingerprint density at radius 1 is 1.18 bits per heavy atom. The molecule has 2 aliphatic carbocycles. The Labute approximate surface area is 99.5 Å². The van der Waals surface area contributed by atoms with Crippen LogP contribution in [0.1, 0.15) is 25.7 Å². The number of aliphatic carboxylic acids is 1. The van der Waals surface area contributed by atoms with Crippen LogP contribution in [0.4, 0.5) is 0 Å². The van der Waals surface area contributed by atoms with Crippen LogP contribution in [-0.4, -0.2) is 35.7 Å². The number of amides is 1. The lowest BCUT2D eigenvalue weighted by atomic mass is 10.1. The molecular weight excluding hydrogens is 222 g/mol. The number of hydrogen-bond donors (Lipinski definition) is 2. The molecule has 1 heterocycles. The highest BCUT2D eigenvalue weighted by Crippen LogP contribution is 2.41. The molecule has 4 atom stereocenters. The first kappa shape index (κ1) is 11.0. The molecule has 94 valence electrons. The summed E-state index contributed by atoms with van der Waals surface area (Å²) in [6, 6.07) is 0.102. The summed E-state index contributed by atoms with van der Waals surface area (Å²) in [4.78, 5) is 22.5. The van der Waals surface area contributed by atoms with Crippen LogP contribution in [0.3, 0.4) is 0 Å².